The molecule has 0 unspecified atom stereocenters. The fourth-order valence-electron chi connectivity index (χ4n) is 3.95. The summed E-state index contributed by atoms with van der Waals surface area (Å²) in [7, 11) is 0. The van der Waals surface area contributed by atoms with Gasteiger partial charge in [-0.1, -0.05) is 60.2 Å². The van der Waals surface area contributed by atoms with Crippen molar-refractivity contribution in [3.05, 3.63) is 131 Å². The van der Waals surface area contributed by atoms with Gasteiger partial charge in [-0.3, -0.25) is 4.90 Å². The van der Waals surface area contributed by atoms with Gasteiger partial charge in [0.1, 0.15) is 11.6 Å². The fraction of sp³-hybridized carbons (Fsp3) is 0.185. The van der Waals surface area contributed by atoms with Gasteiger partial charge in [-0.05, 0) is 47.9 Å². The molecule has 1 heterocycles. The summed E-state index contributed by atoms with van der Waals surface area (Å²) in [5.74, 6) is -1.09. The highest BCUT2D eigenvalue weighted by Crippen LogP contribution is 2.18. The Labute approximate surface area is 182 Å². The number of hydrogen-bond donors (Lipinski definition) is 0. The Bertz CT molecular complexity index is 1110. The van der Waals surface area contributed by atoms with E-state index in [2.05, 4.69) is 65.1 Å². The smallest absolute Gasteiger partial charge is 0.126 e. The Morgan fingerprint density at radius 3 is 2.13 bits per heavy atom. The van der Waals surface area contributed by atoms with Crippen molar-refractivity contribution < 1.29 is 8.78 Å². The van der Waals surface area contributed by atoms with E-state index in [0.29, 0.717) is 25.2 Å². The van der Waals surface area contributed by atoms with Gasteiger partial charge in [-0.15, -0.1) is 0 Å². The molecule has 0 aliphatic rings. The van der Waals surface area contributed by atoms with Gasteiger partial charge in [0.2, 0.25) is 0 Å². The van der Waals surface area contributed by atoms with E-state index in [9.17, 15) is 8.78 Å². The van der Waals surface area contributed by atoms with Gasteiger partial charge < -0.3 is 4.57 Å². The van der Waals surface area contributed by atoms with E-state index >= 15 is 0 Å². The van der Waals surface area contributed by atoms with Crippen LogP contribution in [0.1, 0.15) is 27.9 Å². The van der Waals surface area contributed by atoms with E-state index in [0.717, 1.165) is 23.9 Å². The Morgan fingerprint density at radius 2 is 1.39 bits per heavy atom. The van der Waals surface area contributed by atoms with Crippen LogP contribution in [-0.2, 0) is 26.2 Å². The van der Waals surface area contributed by atoms with Crippen LogP contribution in [0.15, 0.2) is 91.1 Å². The van der Waals surface area contributed by atoms with E-state index < -0.39 is 11.6 Å². The molecule has 4 rings (SSSR count). The minimum atomic E-state index is -0.544. The first kappa shape index (κ1) is 21.0. The first-order valence-electron chi connectivity index (χ1n) is 10.5. The minimum absolute atomic E-state index is 0.458. The zero-order valence-corrected chi connectivity index (χ0v) is 17.6. The van der Waals surface area contributed by atoms with E-state index in [4.69, 9.17) is 0 Å². The molecule has 0 aliphatic carbocycles. The van der Waals surface area contributed by atoms with Crippen LogP contribution in [0.3, 0.4) is 0 Å². The molecule has 1 aromatic heterocycles. The Hall–Kier alpha value is -3.24. The first-order chi connectivity index (χ1) is 15.0. The number of aryl methyl sites for hydroxylation is 1. The molecule has 0 radical (unpaired) electrons. The molecule has 31 heavy (non-hydrogen) atoms. The van der Waals surface area contributed by atoms with Crippen LogP contribution in [0, 0.1) is 18.6 Å². The maximum Gasteiger partial charge on any atom is 0.126 e. The van der Waals surface area contributed by atoms with E-state index in [-0.39, 0.29) is 0 Å². The van der Waals surface area contributed by atoms with Crippen molar-refractivity contribution in [2.45, 2.75) is 33.1 Å². The summed E-state index contributed by atoms with van der Waals surface area (Å²) in [6, 6.07) is 26.6. The molecule has 0 saturated heterocycles. The molecule has 158 valence electrons. The fourth-order valence-corrected chi connectivity index (χ4v) is 3.95. The van der Waals surface area contributed by atoms with Crippen molar-refractivity contribution in [2.24, 2.45) is 0 Å². The van der Waals surface area contributed by atoms with Crippen molar-refractivity contribution >= 4 is 0 Å². The third-order valence-electron chi connectivity index (χ3n) is 5.32. The van der Waals surface area contributed by atoms with Crippen molar-refractivity contribution in [1.29, 1.82) is 0 Å². The van der Waals surface area contributed by atoms with Crippen LogP contribution < -0.4 is 0 Å². The van der Waals surface area contributed by atoms with Crippen LogP contribution >= 0.6 is 0 Å². The number of rotatable bonds is 8. The van der Waals surface area contributed by atoms with Crippen molar-refractivity contribution in [3.8, 4) is 0 Å². The third kappa shape index (κ3) is 5.89. The zero-order valence-electron chi connectivity index (χ0n) is 17.6. The van der Waals surface area contributed by atoms with Gasteiger partial charge in [0, 0.05) is 44.1 Å². The molecule has 4 heteroatoms. The van der Waals surface area contributed by atoms with Crippen LogP contribution in [0.4, 0.5) is 8.78 Å². The summed E-state index contributed by atoms with van der Waals surface area (Å²) in [5, 5.41) is 0. The Balaban J connectivity index is 1.56. The maximum absolute atomic E-state index is 13.8. The normalized spacial score (nSPS) is 11.2. The molecular weight excluding hydrogens is 390 g/mol. The largest absolute Gasteiger partial charge is 0.346 e. The number of hydrogen-bond acceptors (Lipinski definition) is 1. The molecule has 0 amide bonds. The molecule has 0 atom stereocenters. The molecular formula is C27H26F2N2. The average Bonchev–Trinajstić information content (AvgIpc) is 3.14. The van der Waals surface area contributed by atoms with Gasteiger partial charge in [0.15, 0.2) is 0 Å². The molecule has 0 spiro atoms. The van der Waals surface area contributed by atoms with Crippen LogP contribution in [0.25, 0.3) is 0 Å². The van der Waals surface area contributed by atoms with Gasteiger partial charge in [0.05, 0.1) is 0 Å². The predicted octanol–water partition coefficient (Wildman–Crippen LogP) is 6.33. The molecule has 0 saturated carbocycles. The quantitative estimate of drug-likeness (QED) is 0.326. The lowest BCUT2D eigenvalue weighted by atomic mass is 10.1. The van der Waals surface area contributed by atoms with Crippen LogP contribution in [0.2, 0.25) is 0 Å². The molecule has 2 nitrogen and oxygen atoms in total. The van der Waals surface area contributed by atoms with Gasteiger partial charge >= 0.3 is 0 Å². The Morgan fingerprint density at radius 1 is 0.677 bits per heavy atom. The van der Waals surface area contributed by atoms with Crippen LogP contribution in [-0.4, -0.2) is 9.47 Å². The lowest BCUT2D eigenvalue weighted by Crippen LogP contribution is -2.24. The monoisotopic (exact) mass is 416 g/mol. The highest BCUT2D eigenvalue weighted by Gasteiger charge is 2.13. The lowest BCUT2D eigenvalue weighted by molar-refractivity contribution is 0.241. The number of aromatic nitrogens is 1. The first-order valence-corrected chi connectivity index (χ1v) is 10.5. The van der Waals surface area contributed by atoms with Crippen molar-refractivity contribution in [1.82, 2.24) is 9.47 Å². The molecule has 0 aliphatic heterocycles. The summed E-state index contributed by atoms with van der Waals surface area (Å²) < 4.78 is 29.8. The SMILES string of the molecule is Cc1cccc(Cn2cccc2CN(Cc2ccccc2)Cc2cc(F)cc(F)c2)c1. The van der Waals surface area contributed by atoms with Crippen LogP contribution in [0.5, 0.6) is 0 Å². The number of benzene rings is 3. The summed E-state index contributed by atoms with van der Waals surface area (Å²) in [4.78, 5) is 2.21. The third-order valence-corrected chi connectivity index (χ3v) is 5.32. The second kappa shape index (κ2) is 9.71. The second-order valence-corrected chi connectivity index (χ2v) is 8.02. The topological polar surface area (TPSA) is 8.17 Å². The summed E-state index contributed by atoms with van der Waals surface area (Å²) in [5.41, 5.74) is 5.44. The zero-order chi connectivity index (χ0) is 21.6. The lowest BCUT2D eigenvalue weighted by Gasteiger charge is -2.24. The van der Waals surface area contributed by atoms with Crippen molar-refractivity contribution in [2.75, 3.05) is 0 Å². The predicted molar refractivity (Wildman–Crippen MR) is 120 cm³/mol. The minimum Gasteiger partial charge on any atom is -0.346 e. The summed E-state index contributed by atoms with van der Waals surface area (Å²) in [6.07, 6.45) is 2.08. The maximum atomic E-state index is 13.8. The average molecular weight is 417 g/mol. The summed E-state index contributed by atoms with van der Waals surface area (Å²) in [6.45, 7) is 4.71. The summed E-state index contributed by atoms with van der Waals surface area (Å²) >= 11 is 0. The second-order valence-electron chi connectivity index (χ2n) is 8.02. The highest BCUT2D eigenvalue weighted by atomic mass is 19.1. The molecule has 0 fully saturated rings. The van der Waals surface area contributed by atoms with Crippen molar-refractivity contribution in [3.63, 3.8) is 0 Å². The van der Waals surface area contributed by atoms with Gasteiger partial charge in [-0.25, -0.2) is 8.78 Å². The van der Waals surface area contributed by atoms with E-state index in [1.165, 1.54) is 23.3 Å². The highest BCUT2D eigenvalue weighted by molar-refractivity contribution is 5.24. The number of nitrogens with zero attached hydrogens (tertiary/aromatic N) is 2. The van der Waals surface area contributed by atoms with Gasteiger partial charge in [0.25, 0.3) is 0 Å². The molecule has 3 aromatic carbocycles. The van der Waals surface area contributed by atoms with Gasteiger partial charge in [-0.2, -0.15) is 0 Å². The molecule has 4 aromatic rings. The van der Waals surface area contributed by atoms with E-state index in [1.807, 2.05) is 24.3 Å². The number of halogens is 2. The molecule has 0 bridgehead atoms. The standard InChI is InChI=1S/C27H26F2N2/c1-21-7-5-10-23(13-21)19-31-12-6-11-27(31)20-30(17-22-8-3-2-4-9-22)18-24-14-25(28)16-26(29)15-24/h2-16H,17-20H2,1H3. The van der Waals surface area contributed by atoms with E-state index in [1.54, 1.807) is 0 Å². The Kier molecular flexibility index (Phi) is 6.58. The molecule has 0 N–H and O–H groups in total.